The van der Waals surface area contributed by atoms with Gasteiger partial charge in [0.2, 0.25) is 6.41 Å². The number of anilines is 1. The Balaban J connectivity index is 1.83. The zero-order valence-electron chi connectivity index (χ0n) is 27.7. The number of amides is 2. The van der Waals surface area contributed by atoms with Gasteiger partial charge in [-0.05, 0) is 57.2 Å². The largest absolute Gasteiger partial charge is 0.510 e. The van der Waals surface area contributed by atoms with Gasteiger partial charge in [-0.3, -0.25) is 19.5 Å². The number of morpholine rings is 1. The van der Waals surface area contributed by atoms with Crippen LogP contribution in [0.2, 0.25) is 5.02 Å². The summed E-state index contributed by atoms with van der Waals surface area (Å²) in [5, 5.41) is 18.4. The number of hydrazine groups is 1. The van der Waals surface area contributed by atoms with Gasteiger partial charge in [-0.2, -0.15) is 0 Å². The molecule has 2 N–H and O–H groups in total. The van der Waals surface area contributed by atoms with E-state index in [1.807, 2.05) is 4.90 Å². The Morgan fingerprint density at radius 2 is 1.90 bits per heavy atom. The van der Waals surface area contributed by atoms with Crippen molar-refractivity contribution in [1.82, 2.24) is 14.9 Å². The number of benzene rings is 2. The summed E-state index contributed by atoms with van der Waals surface area (Å²) in [6, 6.07) is 6.65. The molecule has 0 spiro atoms. The number of hydrogen-bond acceptors (Lipinski definition) is 7. The molecule has 0 bridgehead atoms. The Bertz CT molecular complexity index is 1730. The number of carbonyl (C=O) groups is 2. The highest BCUT2D eigenvalue weighted by Gasteiger charge is 2.35. The number of carbonyl (C=O) groups excluding carboxylic acids is 2. The second-order valence-corrected chi connectivity index (χ2v) is 11.9. The van der Waals surface area contributed by atoms with Gasteiger partial charge in [-0.25, -0.2) is 27.6 Å². The van der Waals surface area contributed by atoms with E-state index in [1.54, 1.807) is 0 Å². The summed E-state index contributed by atoms with van der Waals surface area (Å²) in [7, 11) is 1.40. The molecule has 0 unspecified atom stereocenters. The first-order valence-corrected chi connectivity index (χ1v) is 15.5. The van der Waals surface area contributed by atoms with Crippen molar-refractivity contribution >= 4 is 41.7 Å². The number of aliphatic imine (C=N–C) groups is 1. The molecule has 0 saturated carbocycles. The van der Waals surface area contributed by atoms with Crippen LogP contribution in [0.1, 0.15) is 37.5 Å². The quantitative estimate of drug-likeness (QED) is 0.0391. The lowest BCUT2D eigenvalue weighted by Crippen LogP contribution is -2.52. The third-order valence-electron chi connectivity index (χ3n) is 7.86. The summed E-state index contributed by atoms with van der Waals surface area (Å²) >= 11 is 6.09. The van der Waals surface area contributed by atoms with Crippen LogP contribution in [-0.2, 0) is 20.9 Å². The van der Waals surface area contributed by atoms with E-state index < -0.39 is 41.8 Å². The number of hydrogen-bond donors (Lipinski definition) is 2. The van der Waals surface area contributed by atoms with Crippen LogP contribution in [0, 0.1) is 23.5 Å². The predicted octanol–water partition coefficient (Wildman–Crippen LogP) is 5.88. The number of likely N-dealkylation sites (N-methyl/N-ethyl adjacent to an activating group) is 1. The number of nitrogens with one attached hydrogen (secondary N) is 1. The molecule has 0 aromatic heterocycles. The molecule has 1 aliphatic rings. The molecule has 10 nitrogen and oxygen atoms in total. The summed E-state index contributed by atoms with van der Waals surface area (Å²) < 4.78 is 73.6. The van der Waals surface area contributed by atoms with E-state index in [-0.39, 0.29) is 38.7 Å². The average Bonchev–Trinajstić information content (AvgIpc) is 3.10. The number of rotatable bonds is 13. The highest BCUT2D eigenvalue weighted by atomic mass is 35.5. The first-order valence-electron chi connectivity index (χ1n) is 15.1. The number of halogens is 6. The Labute approximate surface area is 291 Å². The summed E-state index contributed by atoms with van der Waals surface area (Å²) in [5.74, 6) is 1.76. The van der Waals surface area contributed by atoms with E-state index in [0.29, 0.717) is 51.7 Å². The van der Waals surface area contributed by atoms with Crippen LogP contribution in [-0.4, -0.2) is 96.3 Å². The number of nitrogens with zero attached hydrogens (tertiary/aromatic N) is 5. The van der Waals surface area contributed by atoms with Crippen molar-refractivity contribution in [3.8, 4) is 11.8 Å². The topological polar surface area (TPSA) is 110 Å². The maximum absolute atomic E-state index is 15.1. The molecular formula is C34H36ClF5N6O4. The summed E-state index contributed by atoms with van der Waals surface area (Å²) in [4.78, 5) is 31.2. The molecule has 16 heteroatoms. The van der Waals surface area contributed by atoms with Gasteiger partial charge >= 0.3 is 0 Å². The van der Waals surface area contributed by atoms with Crippen LogP contribution in [0.3, 0.4) is 0 Å². The molecule has 2 aromatic carbocycles. The van der Waals surface area contributed by atoms with Gasteiger partial charge in [0.05, 0.1) is 54.4 Å². The van der Waals surface area contributed by atoms with Gasteiger partial charge < -0.3 is 15.2 Å². The Morgan fingerprint density at radius 1 is 1.20 bits per heavy atom. The minimum absolute atomic E-state index is 0.0175. The van der Waals surface area contributed by atoms with Crippen molar-refractivity contribution in [2.24, 2.45) is 10.2 Å². The Kier molecular flexibility index (Phi) is 14.6. The molecule has 1 saturated heterocycles. The van der Waals surface area contributed by atoms with E-state index in [0.717, 1.165) is 11.1 Å². The molecule has 1 aliphatic heterocycles. The van der Waals surface area contributed by atoms with Gasteiger partial charge in [0.1, 0.15) is 12.1 Å². The van der Waals surface area contributed by atoms with Crippen molar-refractivity contribution < 1.29 is 41.5 Å². The van der Waals surface area contributed by atoms with Crippen LogP contribution >= 0.6 is 11.6 Å². The summed E-state index contributed by atoms with van der Waals surface area (Å²) in [5.41, 5.74) is -2.18. The highest BCUT2D eigenvalue weighted by Crippen LogP contribution is 2.28. The third kappa shape index (κ3) is 10.4. The predicted molar refractivity (Wildman–Crippen MR) is 181 cm³/mol. The van der Waals surface area contributed by atoms with Crippen molar-refractivity contribution in [2.45, 2.75) is 39.3 Å². The fourth-order valence-electron chi connectivity index (χ4n) is 4.75. The second-order valence-electron chi connectivity index (χ2n) is 11.4. The Morgan fingerprint density at radius 3 is 2.54 bits per heavy atom. The molecule has 50 heavy (non-hydrogen) atoms. The molecule has 0 aliphatic carbocycles. The highest BCUT2D eigenvalue weighted by molar-refractivity contribution is 6.31. The van der Waals surface area contributed by atoms with E-state index in [4.69, 9.17) is 16.3 Å². The maximum Gasteiger partial charge on any atom is 0.257 e. The van der Waals surface area contributed by atoms with E-state index in [2.05, 4.69) is 27.4 Å². The molecule has 0 atom stereocenters. The number of aliphatic hydroxyl groups is 1. The van der Waals surface area contributed by atoms with Crippen molar-refractivity contribution in [3.05, 3.63) is 87.2 Å². The zero-order valence-corrected chi connectivity index (χ0v) is 28.4. The summed E-state index contributed by atoms with van der Waals surface area (Å²) in [6.07, 6.45) is -0.661. The molecule has 2 amide bonds. The standard InChI is InChI=1S/C34H36ClF5N6O4/c1-22(33(49)43-28-10-9-25(35)18-26(28)27(41-20-42-40)11-12-29(36)37)32(48)34(2,3)44(4)46(21-47)19-24-8-7-23(30(38)31(24)39)6-5-13-45-14-16-50-17-15-45/h7-12,18,20-21,29,48H,13-17,19H2,1-4H3,(H,43,49)/b12-11+,32-22-,41-27+,42-20-. The maximum atomic E-state index is 15.1. The molecule has 1 heterocycles. The second kappa shape index (κ2) is 18.4. The van der Waals surface area contributed by atoms with E-state index in [9.17, 15) is 32.3 Å². The van der Waals surface area contributed by atoms with Crippen molar-refractivity contribution in [2.75, 3.05) is 45.2 Å². The van der Waals surface area contributed by atoms with Crippen LogP contribution in [0.5, 0.6) is 0 Å². The first kappa shape index (κ1) is 39.8. The lowest BCUT2D eigenvalue weighted by molar-refractivity contribution is -0.143. The molecule has 268 valence electrons. The smallest absolute Gasteiger partial charge is 0.257 e. The SMILES string of the molecule is C/C(C(=O)Nc1ccc(Cl)cc1C(/C=C/C(F)F)=N/C=N\F)=C(/O)C(C)(C)N(C)N(C=O)Cc1ccc(C#CCN2CCOCC2)c(F)c1F. The van der Waals surface area contributed by atoms with Crippen LogP contribution in [0.25, 0.3) is 0 Å². The monoisotopic (exact) mass is 722 g/mol. The fourth-order valence-corrected chi connectivity index (χ4v) is 4.92. The van der Waals surface area contributed by atoms with Crippen LogP contribution < -0.4 is 5.32 Å². The molecule has 2 aromatic rings. The van der Waals surface area contributed by atoms with Crippen LogP contribution in [0.4, 0.5) is 27.7 Å². The van der Waals surface area contributed by atoms with E-state index >= 15 is 4.39 Å². The summed E-state index contributed by atoms with van der Waals surface area (Å²) in [6.45, 7) is 6.69. The first-order chi connectivity index (χ1) is 23.7. The van der Waals surface area contributed by atoms with Crippen molar-refractivity contribution in [3.63, 3.8) is 0 Å². The Hall–Kier alpha value is -4.62. The zero-order chi connectivity index (χ0) is 37.0. The normalized spacial score (nSPS) is 15.0. The molecule has 1 fully saturated rings. The fraction of sp³-hybridized carbons (Fsp3) is 0.353. The average molecular weight is 723 g/mol. The van der Waals surface area contributed by atoms with Gasteiger partial charge in [-0.15, -0.1) is 0 Å². The molecular weight excluding hydrogens is 687 g/mol. The minimum atomic E-state index is -2.87. The van der Waals surface area contributed by atoms with Gasteiger partial charge in [-0.1, -0.05) is 39.2 Å². The minimum Gasteiger partial charge on any atom is -0.510 e. The third-order valence-corrected chi connectivity index (χ3v) is 8.10. The number of allylic oxidation sites excluding steroid dienone is 2. The number of ether oxygens (including phenoxy) is 1. The van der Waals surface area contributed by atoms with Gasteiger partial charge in [0.25, 0.3) is 12.3 Å². The lowest BCUT2D eigenvalue weighted by atomic mass is 9.97. The number of aliphatic hydroxyl groups excluding tert-OH is 1. The molecule has 3 rings (SSSR count). The van der Waals surface area contributed by atoms with E-state index in [1.165, 1.54) is 63.2 Å². The van der Waals surface area contributed by atoms with Gasteiger partial charge in [0, 0.05) is 36.3 Å². The number of alkyl halides is 2. The molecule has 0 radical (unpaired) electrons. The van der Waals surface area contributed by atoms with Crippen LogP contribution in [0.15, 0.2) is 64.0 Å². The van der Waals surface area contributed by atoms with Crippen molar-refractivity contribution in [1.29, 1.82) is 0 Å². The van der Waals surface area contributed by atoms with Gasteiger partial charge in [0.15, 0.2) is 11.6 Å². The lowest BCUT2D eigenvalue weighted by Gasteiger charge is -2.41.